The number of hydrogen-bond donors (Lipinski definition) is 1. The highest BCUT2D eigenvalue weighted by atomic mass is 16.5. The van der Waals surface area contributed by atoms with Crippen molar-refractivity contribution in [2.45, 2.75) is 39.3 Å². The van der Waals surface area contributed by atoms with Crippen LogP contribution in [0.15, 0.2) is 4.52 Å². The van der Waals surface area contributed by atoms with Crippen molar-refractivity contribution >= 4 is 0 Å². The van der Waals surface area contributed by atoms with Crippen molar-refractivity contribution in [2.75, 3.05) is 0 Å². The van der Waals surface area contributed by atoms with Gasteiger partial charge >= 0.3 is 0 Å². The van der Waals surface area contributed by atoms with Gasteiger partial charge in [0, 0.05) is 6.04 Å². The average molecular weight is 181 g/mol. The molecule has 1 heterocycles. The zero-order chi connectivity index (χ0) is 9.26. The van der Waals surface area contributed by atoms with E-state index in [1.165, 1.54) is 12.8 Å². The third-order valence-electron chi connectivity index (χ3n) is 2.47. The molecule has 1 aliphatic carbocycles. The van der Waals surface area contributed by atoms with Crippen LogP contribution in [0.1, 0.15) is 31.5 Å². The van der Waals surface area contributed by atoms with Gasteiger partial charge < -0.3 is 9.84 Å². The van der Waals surface area contributed by atoms with E-state index in [-0.39, 0.29) is 0 Å². The van der Waals surface area contributed by atoms with Crippen molar-refractivity contribution in [3.63, 3.8) is 0 Å². The van der Waals surface area contributed by atoms with Gasteiger partial charge in [0.05, 0.1) is 6.54 Å². The fourth-order valence-electron chi connectivity index (χ4n) is 1.42. The maximum absolute atomic E-state index is 4.99. The Bertz CT molecular complexity index is 280. The van der Waals surface area contributed by atoms with Crippen molar-refractivity contribution in [3.05, 3.63) is 11.7 Å². The smallest absolute Gasteiger partial charge is 0.240 e. The molecule has 1 aromatic rings. The van der Waals surface area contributed by atoms with Crippen LogP contribution >= 0.6 is 0 Å². The van der Waals surface area contributed by atoms with Gasteiger partial charge in [-0.1, -0.05) is 5.16 Å². The second kappa shape index (κ2) is 3.46. The maximum atomic E-state index is 4.99. The van der Waals surface area contributed by atoms with Crippen LogP contribution in [0.3, 0.4) is 0 Å². The first-order chi connectivity index (χ1) is 6.25. The third kappa shape index (κ3) is 2.28. The van der Waals surface area contributed by atoms with Gasteiger partial charge in [-0.05, 0) is 32.6 Å². The highest BCUT2D eigenvalue weighted by Crippen LogP contribution is 2.32. The van der Waals surface area contributed by atoms with Crippen LogP contribution in [0.2, 0.25) is 0 Å². The van der Waals surface area contributed by atoms with E-state index >= 15 is 0 Å². The summed E-state index contributed by atoms with van der Waals surface area (Å²) in [5.41, 5.74) is 0. The minimum Gasteiger partial charge on any atom is -0.338 e. The van der Waals surface area contributed by atoms with Gasteiger partial charge in [0.2, 0.25) is 5.89 Å². The summed E-state index contributed by atoms with van der Waals surface area (Å²) in [7, 11) is 0. The molecule has 0 aromatic carbocycles. The van der Waals surface area contributed by atoms with Gasteiger partial charge in [0.15, 0.2) is 5.82 Å². The molecule has 0 saturated heterocycles. The van der Waals surface area contributed by atoms with Gasteiger partial charge in [-0.2, -0.15) is 4.98 Å². The van der Waals surface area contributed by atoms with E-state index < -0.39 is 0 Å². The zero-order valence-corrected chi connectivity index (χ0v) is 8.08. The molecule has 1 N–H and O–H groups in total. The molecule has 1 aliphatic rings. The highest BCUT2D eigenvalue weighted by molar-refractivity contribution is 4.86. The van der Waals surface area contributed by atoms with Crippen LogP contribution in [0.4, 0.5) is 0 Å². The Morgan fingerprint density at radius 2 is 2.38 bits per heavy atom. The van der Waals surface area contributed by atoms with Crippen LogP contribution in [0.5, 0.6) is 0 Å². The first kappa shape index (κ1) is 8.69. The fraction of sp³-hybridized carbons (Fsp3) is 0.778. The summed E-state index contributed by atoms with van der Waals surface area (Å²) < 4.78 is 4.99. The van der Waals surface area contributed by atoms with Crippen LogP contribution in [0, 0.1) is 12.8 Å². The molecule has 2 rings (SSSR count). The molecule has 0 amide bonds. The van der Waals surface area contributed by atoms with Crippen molar-refractivity contribution in [1.82, 2.24) is 15.5 Å². The Kier molecular flexibility index (Phi) is 2.31. The maximum Gasteiger partial charge on any atom is 0.240 e. The zero-order valence-electron chi connectivity index (χ0n) is 8.08. The molecule has 4 heteroatoms. The predicted octanol–water partition coefficient (Wildman–Crippen LogP) is 1.27. The van der Waals surface area contributed by atoms with E-state index in [0.29, 0.717) is 24.3 Å². The quantitative estimate of drug-likeness (QED) is 0.760. The van der Waals surface area contributed by atoms with Gasteiger partial charge in [0.25, 0.3) is 0 Å². The normalized spacial score (nSPS) is 18.9. The molecule has 1 fully saturated rings. The topological polar surface area (TPSA) is 51.0 Å². The molecule has 1 atom stereocenters. The molecule has 0 aliphatic heterocycles. The van der Waals surface area contributed by atoms with Gasteiger partial charge in [-0.15, -0.1) is 0 Å². The molecule has 0 radical (unpaired) electrons. The Hall–Kier alpha value is -0.900. The molecule has 0 spiro atoms. The molecule has 1 unspecified atom stereocenters. The van der Waals surface area contributed by atoms with Crippen molar-refractivity contribution in [2.24, 2.45) is 5.92 Å². The predicted molar refractivity (Wildman–Crippen MR) is 48.1 cm³/mol. The van der Waals surface area contributed by atoms with E-state index in [9.17, 15) is 0 Å². The SMILES string of the molecule is Cc1noc(CNC(C)C2CC2)n1. The summed E-state index contributed by atoms with van der Waals surface area (Å²) in [6, 6.07) is 0.576. The molecule has 1 aromatic heterocycles. The number of hydrogen-bond acceptors (Lipinski definition) is 4. The second-order valence-corrected chi connectivity index (χ2v) is 3.74. The van der Waals surface area contributed by atoms with E-state index in [0.717, 1.165) is 5.92 Å². The van der Waals surface area contributed by atoms with Crippen LogP contribution < -0.4 is 5.32 Å². The number of nitrogens with zero attached hydrogens (tertiary/aromatic N) is 2. The minimum atomic E-state index is 0.576. The monoisotopic (exact) mass is 181 g/mol. The number of aryl methyl sites for hydroxylation is 1. The Labute approximate surface area is 77.7 Å². The van der Waals surface area contributed by atoms with Crippen LogP contribution in [0.25, 0.3) is 0 Å². The molecule has 0 bridgehead atoms. The fourth-order valence-corrected chi connectivity index (χ4v) is 1.42. The van der Waals surface area contributed by atoms with E-state index in [4.69, 9.17) is 4.52 Å². The lowest BCUT2D eigenvalue weighted by atomic mass is 10.2. The standard InChI is InChI=1S/C9H15N3O/c1-6(8-3-4-8)10-5-9-11-7(2)12-13-9/h6,8,10H,3-5H2,1-2H3. The van der Waals surface area contributed by atoms with E-state index in [1.807, 2.05) is 6.92 Å². The van der Waals surface area contributed by atoms with Gasteiger partial charge in [-0.25, -0.2) is 0 Å². The Balaban J connectivity index is 1.78. The van der Waals surface area contributed by atoms with E-state index in [2.05, 4.69) is 22.4 Å². The van der Waals surface area contributed by atoms with Crippen molar-refractivity contribution in [1.29, 1.82) is 0 Å². The molecule has 13 heavy (non-hydrogen) atoms. The Morgan fingerprint density at radius 1 is 1.62 bits per heavy atom. The highest BCUT2D eigenvalue weighted by Gasteiger charge is 2.27. The second-order valence-electron chi connectivity index (χ2n) is 3.74. The summed E-state index contributed by atoms with van der Waals surface area (Å²) in [6.45, 7) is 4.73. The van der Waals surface area contributed by atoms with Crippen molar-refractivity contribution in [3.8, 4) is 0 Å². The van der Waals surface area contributed by atoms with E-state index in [1.54, 1.807) is 0 Å². The summed E-state index contributed by atoms with van der Waals surface area (Å²) >= 11 is 0. The molecule has 1 saturated carbocycles. The van der Waals surface area contributed by atoms with Crippen molar-refractivity contribution < 1.29 is 4.52 Å². The van der Waals surface area contributed by atoms with Gasteiger partial charge in [0.1, 0.15) is 0 Å². The van der Waals surface area contributed by atoms with Crippen LogP contribution in [-0.2, 0) is 6.54 Å². The largest absolute Gasteiger partial charge is 0.338 e. The molecule has 72 valence electrons. The third-order valence-corrected chi connectivity index (χ3v) is 2.47. The first-order valence-electron chi connectivity index (χ1n) is 4.78. The minimum absolute atomic E-state index is 0.576. The average Bonchev–Trinajstić information content (AvgIpc) is 2.87. The lowest BCUT2D eigenvalue weighted by Gasteiger charge is -2.09. The number of aromatic nitrogens is 2. The Morgan fingerprint density at radius 3 is 2.92 bits per heavy atom. The molecular weight excluding hydrogens is 166 g/mol. The number of rotatable bonds is 4. The van der Waals surface area contributed by atoms with Gasteiger partial charge in [-0.3, -0.25) is 0 Å². The lowest BCUT2D eigenvalue weighted by molar-refractivity contribution is 0.351. The summed E-state index contributed by atoms with van der Waals surface area (Å²) in [4.78, 5) is 4.12. The molecule has 4 nitrogen and oxygen atoms in total. The first-order valence-corrected chi connectivity index (χ1v) is 4.78. The lowest BCUT2D eigenvalue weighted by Crippen LogP contribution is -2.27. The summed E-state index contributed by atoms with van der Waals surface area (Å²) in [5, 5.41) is 7.11. The van der Waals surface area contributed by atoms with Crippen LogP contribution in [-0.4, -0.2) is 16.2 Å². The molecular formula is C9H15N3O. The summed E-state index contributed by atoms with van der Waals surface area (Å²) in [6.07, 6.45) is 2.72. The summed E-state index contributed by atoms with van der Waals surface area (Å²) in [5.74, 6) is 2.25. The number of nitrogens with one attached hydrogen (secondary N) is 1.